The lowest BCUT2D eigenvalue weighted by Gasteiger charge is -2.00. The van der Waals surface area contributed by atoms with E-state index in [0.717, 1.165) is 0 Å². The molecule has 8 heteroatoms. The van der Waals surface area contributed by atoms with Crippen molar-refractivity contribution in [1.29, 1.82) is 0 Å². The number of carbonyl (C=O) groups excluding carboxylic acids is 1. The molecule has 0 saturated carbocycles. The number of Topliss-reactive ketones (excluding diaryl/α,β-unsaturated/α-hetero) is 1. The highest BCUT2D eigenvalue weighted by Crippen LogP contribution is 2.24. The topological polar surface area (TPSA) is 95.0 Å². The number of hydrogen-bond acceptors (Lipinski definition) is 4. The third-order valence-corrected chi connectivity index (χ3v) is 4.11. The van der Waals surface area contributed by atoms with Gasteiger partial charge in [-0.25, -0.2) is 13.5 Å². The predicted octanol–water partition coefficient (Wildman–Crippen LogP) is 2.49. The molecule has 2 N–H and O–H groups in total. The van der Waals surface area contributed by atoms with Crippen LogP contribution in [0.4, 0.5) is 16.0 Å². The van der Waals surface area contributed by atoms with E-state index in [4.69, 9.17) is 5.73 Å². The molecule has 7 nitrogen and oxygen atoms in total. The van der Waals surface area contributed by atoms with Crippen LogP contribution in [0.25, 0.3) is 11.3 Å². The molecule has 1 aromatic heterocycles. The van der Waals surface area contributed by atoms with Crippen LogP contribution in [-0.4, -0.2) is 15.3 Å². The first-order valence-electron chi connectivity index (χ1n) is 7.75. The van der Waals surface area contributed by atoms with Crippen molar-refractivity contribution in [2.75, 3.05) is 5.73 Å². The van der Waals surface area contributed by atoms with Crippen molar-refractivity contribution < 1.29 is 18.7 Å². The average Bonchev–Trinajstić information content (AvgIpc) is 2.91. The molecule has 0 unspecified atom stereocenters. The van der Waals surface area contributed by atoms with E-state index in [1.807, 2.05) is 0 Å². The largest absolute Gasteiger partial charge is 0.355 e. The highest BCUT2D eigenvalue weighted by atomic mass is 19.1. The Kier molecular flexibility index (Phi) is 4.49. The molecule has 1 heterocycles. The number of nitro benzene ring substituents is 1. The summed E-state index contributed by atoms with van der Waals surface area (Å²) in [5.41, 5.74) is 7.66. The third-order valence-electron chi connectivity index (χ3n) is 4.11. The van der Waals surface area contributed by atoms with Gasteiger partial charge in [-0.3, -0.25) is 20.6 Å². The van der Waals surface area contributed by atoms with Gasteiger partial charge in [0, 0.05) is 23.3 Å². The highest BCUT2D eigenvalue weighted by molar-refractivity contribution is 5.95. The van der Waals surface area contributed by atoms with Crippen molar-refractivity contribution in [3.63, 3.8) is 0 Å². The molecule has 0 amide bonds. The van der Waals surface area contributed by atoms with E-state index in [0.29, 0.717) is 22.8 Å². The number of aromatic nitrogens is 2. The monoisotopic (exact) mass is 355 g/mol. The number of non-ortho nitro benzene ring substituents is 1. The second kappa shape index (κ2) is 6.75. The summed E-state index contributed by atoms with van der Waals surface area (Å²) < 4.78 is 16.2. The zero-order valence-electron chi connectivity index (χ0n) is 13.9. The number of nitrogen functional groups attached to an aromatic ring is 1. The molecule has 0 spiro atoms. The van der Waals surface area contributed by atoms with Gasteiger partial charge < -0.3 is 0 Å². The van der Waals surface area contributed by atoms with Crippen LogP contribution in [0.5, 0.6) is 0 Å². The van der Waals surface area contributed by atoms with Crippen molar-refractivity contribution in [1.82, 2.24) is 4.57 Å². The van der Waals surface area contributed by atoms with Crippen LogP contribution in [0.15, 0.2) is 54.7 Å². The van der Waals surface area contributed by atoms with E-state index >= 15 is 0 Å². The minimum Gasteiger partial charge on any atom is -0.291 e. The van der Waals surface area contributed by atoms with Crippen LogP contribution in [-0.2, 0) is 13.6 Å². The van der Waals surface area contributed by atoms with Crippen molar-refractivity contribution in [2.45, 2.75) is 6.54 Å². The zero-order chi connectivity index (χ0) is 18.8. The Balaban J connectivity index is 1.92. The normalized spacial score (nSPS) is 10.7. The SMILES string of the molecule is Cn1c(-c2cccc([N+](=O)[O-])c2)c[n+](CC(=O)c2ccc(F)cc2)c1N. The molecule has 0 radical (unpaired) electrons. The van der Waals surface area contributed by atoms with Crippen LogP contribution in [0, 0.1) is 15.9 Å². The van der Waals surface area contributed by atoms with Gasteiger partial charge in [0.05, 0.1) is 12.0 Å². The summed E-state index contributed by atoms with van der Waals surface area (Å²) in [5, 5.41) is 11.0. The van der Waals surface area contributed by atoms with E-state index in [-0.39, 0.29) is 18.0 Å². The van der Waals surface area contributed by atoms with Crippen LogP contribution >= 0.6 is 0 Å². The molecule has 0 saturated heterocycles. The molecule has 0 aliphatic carbocycles. The lowest BCUT2D eigenvalue weighted by molar-refractivity contribution is -0.667. The Morgan fingerprint density at radius 1 is 1.27 bits per heavy atom. The second-order valence-corrected chi connectivity index (χ2v) is 5.80. The molecule has 26 heavy (non-hydrogen) atoms. The summed E-state index contributed by atoms with van der Waals surface area (Å²) in [5.74, 6) is -0.318. The van der Waals surface area contributed by atoms with Crippen molar-refractivity contribution in [3.8, 4) is 11.3 Å². The molecular weight excluding hydrogens is 339 g/mol. The Morgan fingerprint density at radius 3 is 2.62 bits per heavy atom. The minimum absolute atomic E-state index is 0.0275. The molecule has 0 aliphatic heterocycles. The van der Waals surface area contributed by atoms with Gasteiger partial charge in [-0.15, -0.1) is 0 Å². The molecule has 0 fully saturated rings. The summed E-state index contributed by atoms with van der Waals surface area (Å²) in [6.07, 6.45) is 1.66. The molecule has 132 valence electrons. The maximum absolute atomic E-state index is 13.0. The van der Waals surface area contributed by atoms with Gasteiger partial charge in [0.15, 0.2) is 5.78 Å². The summed E-state index contributed by atoms with van der Waals surface area (Å²) in [6.45, 7) is -0.0275. The maximum Gasteiger partial charge on any atom is 0.355 e. The fourth-order valence-electron chi connectivity index (χ4n) is 2.67. The number of benzene rings is 2. The van der Waals surface area contributed by atoms with Crippen LogP contribution in [0.1, 0.15) is 10.4 Å². The first-order chi connectivity index (χ1) is 12.4. The third kappa shape index (κ3) is 3.30. The van der Waals surface area contributed by atoms with E-state index in [1.54, 1.807) is 34.5 Å². The maximum atomic E-state index is 13.0. The fraction of sp³-hybridized carbons (Fsp3) is 0.111. The number of nitro groups is 1. The summed E-state index contributed by atoms with van der Waals surface area (Å²) >= 11 is 0. The summed E-state index contributed by atoms with van der Waals surface area (Å²) in [7, 11) is 1.71. The molecular formula is C18H16FN4O3+. The average molecular weight is 355 g/mol. The van der Waals surface area contributed by atoms with E-state index < -0.39 is 10.7 Å². The minimum atomic E-state index is -0.470. The van der Waals surface area contributed by atoms with Crippen LogP contribution < -0.4 is 10.3 Å². The fourth-order valence-corrected chi connectivity index (χ4v) is 2.67. The quantitative estimate of drug-likeness (QED) is 0.329. The molecule has 0 aliphatic rings. The molecule has 2 aromatic carbocycles. The molecule has 3 aromatic rings. The number of ketones is 1. The Morgan fingerprint density at radius 2 is 1.96 bits per heavy atom. The van der Waals surface area contributed by atoms with Crippen LogP contribution in [0.3, 0.4) is 0 Å². The van der Waals surface area contributed by atoms with E-state index in [2.05, 4.69) is 0 Å². The van der Waals surface area contributed by atoms with Crippen molar-refractivity contribution in [2.24, 2.45) is 7.05 Å². The highest BCUT2D eigenvalue weighted by Gasteiger charge is 2.21. The lowest BCUT2D eigenvalue weighted by Crippen LogP contribution is -2.39. The number of anilines is 1. The first kappa shape index (κ1) is 17.3. The van der Waals surface area contributed by atoms with Crippen molar-refractivity contribution >= 4 is 17.4 Å². The Labute approximate surface area is 148 Å². The van der Waals surface area contributed by atoms with Gasteiger partial charge >= 0.3 is 5.95 Å². The molecule has 0 bridgehead atoms. The Hall–Kier alpha value is -3.55. The van der Waals surface area contributed by atoms with Gasteiger partial charge in [0.2, 0.25) is 0 Å². The van der Waals surface area contributed by atoms with E-state index in [9.17, 15) is 19.3 Å². The number of carbonyl (C=O) groups is 1. The van der Waals surface area contributed by atoms with Gasteiger partial charge in [-0.05, 0) is 24.3 Å². The van der Waals surface area contributed by atoms with Crippen LogP contribution in [0.2, 0.25) is 0 Å². The summed E-state index contributed by atoms with van der Waals surface area (Å²) in [6, 6.07) is 11.4. The van der Waals surface area contributed by atoms with E-state index in [1.165, 1.54) is 36.4 Å². The second-order valence-electron chi connectivity index (χ2n) is 5.80. The van der Waals surface area contributed by atoms with Gasteiger partial charge in [0.1, 0.15) is 24.3 Å². The van der Waals surface area contributed by atoms with Gasteiger partial charge in [-0.2, -0.15) is 0 Å². The zero-order valence-corrected chi connectivity index (χ0v) is 13.9. The van der Waals surface area contributed by atoms with Gasteiger partial charge in [0.25, 0.3) is 5.69 Å². The number of nitrogens with two attached hydrogens (primary N) is 1. The number of nitrogens with zero attached hydrogens (tertiary/aromatic N) is 3. The predicted molar refractivity (Wildman–Crippen MR) is 92.8 cm³/mol. The molecule has 3 rings (SSSR count). The smallest absolute Gasteiger partial charge is 0.291 e. The lowest BCUT2D eigenvalue weighted by atomic mass is 10.1. The number of imidazole rings is 1. The number of halogens is 1. The first-order valence-corrected chi connectivity index (χ1v) is 7.75. The Bertz CT molecular complexity index is 996. The number of hydrogen-bond donors (Lipinski definition) is 1. The molecule has 0 atom stereocenters. The summed E-state index contributed by atoms with van der Waals surface area (Å²) in [4.78, 5) is 22.9. The van der Waals surface area contributed by atoms with Crippen molar-refractivity contribution in [3.05, 3.63) is 76.2 Å². The standard InChI is InChI=1S/C18H15FN4O3/c1-21-16(13-3-2-4-15(9-13)23(25)26)10-22(18(21)20)11-17(24)12-5-7-14(19)8-6-12/h2-10,20H,11H2,1H3/p+1. The van der Waals surface area contributed by atoms with Gasteiger partial charge in [-0.1, -0.05) is 12.1 Å². The number of rotatable bonds is 5.